The molecule has 2 rings (SSSR count). The second-order valence-corrected chi connectivity index (χ2v) is 5.30. The SMILES string of the molecule is [2H]C([2H])([2H])Oc1cc(/C=C/C(=O)/C=C(O)/C=C/c2ccc(O)c(OC([2H])([2H])[2H])c2)ccc1O. The van der Waals surface area contributed by atoms with Gasteiger partial charge in [0.1, 0.15) is 5.76 Å². The lowest BCUT2D eigenvalue weighted by Crippen LogP contribution is -1.89. The molecule has 0 aliphatic rings. The van der Waals surface area contributed by atoms with Crippen LogP contribution in [-0.2, 0) is 4.79 Å². The number of aliphatic hydroxyl groups excluding tert-OH is 1. The van der Waals surface area contributed by atoms with Crippen molar-refractivity contribution in [1.82, 2.24) is 0 Å². The van der Waals surface area contributed by atoms with Gasteiger partial charge in [-0.25, -0.2) is 0 Å². The number of methoxy groups -OCH3 is 2. The van der Waals surface area contributed by atoms with E-state index in [0.29, 0.717) is 11.1 Å². The first-order valence-corrected chi connectivity index (χ1v) is 7.57. The molecular weight excluding hydrogens is 348 g/mol. The maximum absolute atomic E-state index is 12.0. The number of ketones is 1. The van der Waals surface area contributed by atoms with Gasteiger partial charge in [-0.2, -0.15) is 0 Å². The van der Waals surface area contributed by atoms with Crippen molar-refractivity contribution in [2.45, 2.75) is 0 Å². The van der Waals surface area contributed by atoms with Gasteiger partial charge in [0.05, 0.1) is 22.3 Å². The molecule has 0 bridgehead atoms. The fourth-order valence-electron chi connectivity index (χ4n) is 2.03. The fourth-order valence-corrected chi connectivity index (χ4v) is 2.03. The molecule has 0 heterocycles. The Kier molecular flexibility index (Phi) is 4.28. The van der Waals surface area contributed by atoms with Crippen LogP contribution in [0.25, 0.3) is 12.2 Å². The number of benzene rings is 2. The van der Waals surface area contributed by atoms with Crippen molar-refractivity contribution in [3.05, 3.63) is 71.5 Å². The van der Waals surface area contributed by atoms with Gasteiger partial charge in [-0.05, 0) is 47.5 Å². The third-order valence-corrected chi connectivity index (χ3v) is 3.36. The second kappa shape index (κ2) is 9.15. The Morgan fingerprint density at radius 1 is 0.926 bits per heavy atom. The van der Waals surface area contributed by atoms with Crippen molar-refractivity contribution in [1.29, 1.82) is 0 Å². The largest absolute Gasteiger partial charge is 0.508 e. The zero-order valence-corrected chi connectivity index (χ0v) is 13.9. The number of phenolic OH excluding ortho intramolecular Hbond substituents is 2. The predicted octanol–water partition coefficient (Wildman–Crippen LogP) is 3.85. The van der Waals surface area contributed by atoms with Gasteiger partial charge in [-0.3, -0.25) is 4.79 Å². The summed E-state index contributed by atoms with van der Waals surface area (Å²) in [5.41, 5.74) is 0.760. The van der Waals surface area contributed by atoms with Gasteiger partial charge in [0.25, 0.3) is 0 Å². The van der Waals surface area contributed by atoms with Gasteiger partial charge >= 0.3 is 0 Å². The molecule has 140 valence electrons. The van der Waals surface area contributed by atoms with E-state index in [2.05, 4.69) is 9.47 Å². The Hall–Kier alpha value is -3.67. The van der Waals surface area contributed by atoms with E-state index in [4.69, 9.17) is 8.22 Å². The van der Waals surface area contributed by atoms with E-state index in [1.807, 2.05) is 0 Å². The van der Waals surface area contributed by atoms with Crippen LogP contribution >= 0.6 is 0 Å². The average molecular weight is 374 g/mol. The summed E-state index contributed by atoms with van der Waals surface area (Å²) in [5, 5.41) is 29.3. The van der Waals surface area contributed by atoms with Gasteiger partial charge < -0.3 is 24.8 Å². The highest BCUT2D eigenvalue weighted by Gasteiger charge is 2.02. The minimum atomic E-state index is -2.76. The number of aromatic hydroxyl groups is 2. The highest BCUT2D eigenvalue weighted by atomic mass is 16.5. The van der Waals surface area contributed by atoms with Gasteiger partial charge in [0.15, 0.2) is 28.8 Å². The molecule has 27 heavy (non-hydrogen) atoms. The van der Waals surface area contributed by atoms with E-state index in [1.165, 1.54) is 54.6 Å². The van der Waals surface area contributed by atoms with Crippen molar-refractivity contribution >= 4 is 17.9 Å². The lowest BCUT2D eigenvalue weighted by molar-refractivity contribution is -0.110. The number of aliphatic hydroxyl groups is 1. The number of rotatable bonds is 7. The summed E-state index contributed by atoms with van der Waals surface area (Å²) in [6, 6.07) is 7.78. The smallest absolute Gasteiger partial charge is 0.182 e. The average Bonchev–Trinajstić information content (AvgIpc) is 2.67. The van der Waals surface area contributed by atoms with E-state index in [9.17, 15) is 20.1 Å². The maximum Gasteiger partial charge on any atom is 0.182 e. The second-order valence-electron chi connectivity index (χ2n) is 5.30. The van der Waals surface area contributed by atoms with Crippen LogP contribution in [0.3, 0.4) is 0 Å². The number of allylic oxidation sites excluding steroid dienone is 3. The first-order valence-electron chi connectivity index (χ1n) is 10.6. The molecular formula is C21H20O6. The molecule has 0 saturated carbocycles. The van der Waals surface area contributed by atoms with E-state index in [0.717, 1.165) is 12.2 Å². The zero-order valence-electron chi connectivity index (χ0n) is 19.9. The first-order chi connectivity index (χ1) is 15.2. The highest BCUT2D eigenvalue weighted by Crippen LogP contribution is 2.27. The molecule has 0 aromatic heterocycles. The quantitative estimate of drug-likeness (QED) is 0.387. The van der Waals surface area contributed by atoms with Crippen LogP contribution in [0.5, 0.6) is 23.0 Å². The number of hydrogen-bond acceptors (Lipinski definition) is 6. The van der Waals surface area contributed by atoms with Crippen LogP contribution in [0, 0.1) is 0 Å². The fraction of sp³-hybridized carbons (Fsp3) is 0.0952. The Bertz CT molecular complexity index is 1100. The molecule has 0 fully saturated rings. The normalized spacial score (nSPS) is 16.1. The molecule has 0 amide bonds. The first kappa shape index (κ1) is 12.6. The number of carbonyl (C=O) groups excluding carboxylic acids is 1. The molecule has 3 N–H and O–H groups in total. The minimum absolute atomic E-state index is 0.268. The van der Waals surface area contributed by atoms with Crippen LogP contribution in [0.15, 0.2) is 60.4 Å². The molecule has 2 aromatic carbocycles. The Balaban J connectivity index is 2.09. The molecule has 2 aromatic rings. The number of ether oxygens (including phenoxy) is 2. The monoisotopic (exact) mass is 374 g/mol. The molecule has 0 spiro atoms. The molecule has 6 heteroatoms. The third-order valence-electron chi connectivity index (χ3n) is 3.36. The predicted molar refractivity (Wildman–Crippen MR) is 103 cm³/mol. The lowest BCUT2D eigenvalue weighted by atomic mass is 10.1. The number of phenols is 2. The molecule has 0 unspecified atom stereocenters. The summed E-state index contributed by atoms with van der Waals surface area (Å²) in [6.07, 6.45) is 5.90. The summed E-state index contributed by atoms with van der Waals surface area (Å²) < 4.78 is 51.9. The summed E-state index contributed by atoms with van der Waals surface area (Å²) in [7, 11) is -5.51. The number of hydrogen-bond donors (Lipinski definition) is 3. The standard InChI is InChI=1S/C21H20O6/c1-26-20-11-14(5-9-18(20)24)3-7-16(22)13-17(23)8-4-15-6-10-19(25)21(12-15)27-2/h3-13,22,24-25H,1-2H3/b7-3+,8-4+,16-13-/i1D3,2D3. The summed E-state index contributed by atoms with van der Waals surface area (Å²) in [6.45, 7) is 0. The van der Waals surface area contributed by atoms with Crippen LogP contribution in [0.2, 0.25) is 0 Å². The lowest BCUT2D eigenvalue weighted by Gasteiger charge is -2.03. The van der Waals surface area contributed by atoms with Crippen molar-refractivity contribution in [3.8, 4) is 23.0 Å². The minimum Gasteiger partial charge on any atom is -0.508 e. The zero-order chi connectivity index (χ0) is 24.8. The number of carbonyl (C=O) groups is 1. The highest BCUT2D eigenvalue weighted by molar-refractivity contribution is 6.02. The van der Waals surface area contributed by atoms with E-state index >= 15 is 0 Å². The third kappa shape index (κ3) is 5.67. The van der Waals surface area contributed by atoms with E-state index < -0.39 is 25.6 Å². The van der Waals surface area contributed by atoms with E-state index in [1.54, 1.807) is 0 Å². The van der Waals surface area contributed by atoms with Gasteiger partial charge in [-0.15, -0.1) is 0 Å². The Morgan fingerprint density at radius 2 is 1.44 bits per heavy atom. The van der Waals surface area contributed by atoms with Gasteiger partial charge in [-0.1, -0.05) is 24.3 Å². The molecule has 0 atom stereocenters. The Labute approximate surface area is 165 Å². The summed E-state index contributed by atoms with van der Waals surface area (Å²) in [4.78, 5) is 12.0. The van der Waals surface area contributed by atoms with Crippen molar-refractivity contribution in [3.63, 3.8) is 0 Å². The van der Waals surface area contributed by atoms with Crippen molar-refractivity contribution < 1.29 is 37.8 Å². The maximum atomic E-state index is 12.0. The topological polar surface area (TPSA) is 96.2 Å². The molecule has 0 radical (unpaired) electrons. The summed E-state index contributed by atoms with van der Waals surface area (Å²) in [5.74, 6) is -2.30. The van der Waals surface area contributed by atoms with Crippen LogP contribution in [0.1, 0.15) is 19.4 Å². The Morgan fingerprint density at radius 3 is 1.96 bits per heavy atom. The summed E-state index contributed by atoms with van der Waals surface area (Å²) >= 11 is 0. The van der Waals surface area contributed by atoms with Crippen LogP contribution in [0.4, 0.5) is 0 Å². The van der Waals surface area contributed by atoms with E-state index in [-0.39, 0.29) is 23.0 Å². The van der Waals surface area contributed by atoms with Gasteiger partial charge in [0, 0.05) is 6.08 Å². The van der Waals surface area contributed by atoms with Crippen LogP contribution in [-0.4, -0.2) is 35.2 Å². The molecule has 0 saturated heterocycles. The molecule has 0 aliphatic carbocycles. The van der Waals surface area contributed by atoms with Crippen LogP contribution < -0.4 is 9.47 Å². The molecule has 0 aliphatic heterocycles. The van der Waals surface area contributed by atoms with Crippen molar-refractivity contribution in [2.75, 3.05) is 14.1 Å². The van der Waals surface area contributed by atoms with Crippen molar-refractivity contribution in [2.24, 2.45) is 0 Å². The van der Waals surface area contributed by atoms with Gasteiger partial charge in [0.2, 0.25) is 0 Å². The molecule has 6 nitrogen and oxygen atoms in total.